The van der Waals surface area contributed by atoms with Gasteiger partial charge >= 0.3 is 0 Å². The highest BCUT2D eigenvalue weighted by molar-refractivity contribution is 14.0. The van der Waals surface area contributed by atoms with Gasteiger partial charge in [-0.25, -0.2) is 8.78 Å². The second-order valence-electron chi connectivity index (χ2n) is 6.24. The molecule has 6 nitrogen and oxygen atoms in total. The lowest BCUT2D eigenvalue weighted by molar-refractivity contribution is 0.372. The van der Waals surface area contributed by atoms with Crippen LogP contribution in [0.3, 0.4) is 0 Å². The maximum atomic E-state index is 13.9. The van der Waals surface area contributed by atoms with Crippen molar-refractivity contribution >= 4 is 29.9 Å². The lowest BCUT2D eigenvalue weighted by Gasteiger charge is -2.18. The van der Waals surface area contributed by atoms with Crippen LogP contribution in [0.4, 0.5) is 8.78 Å². The summed E-state index contributed by atoms with van der Waals surface area (Å²) in [5.74, 6) is 0.765. The van der Waals surface area contributed by atoms with Crippen LogP contribution in [0.1, 0.15) is 56.9 Å². The van der Waals surface area contributed by atoms with Crippen molar-refractivity contribution in [2.75, 3.05) is 13.1 Å². The van der Waals surface area contributed by atoms with Gasteiger partial charge in [0.15, 0.2) is 11.8 Å². The average Bonchev–Trinajstić information content (AvgIpc) is 3.04. The second kappa shape index (κ2) is 11.2. The summed E-state index contributed by atoms with van der Waals surface area (Å²) in [6.07, 6.45) is 0.510. The molecule has 1 aromatic carbocycles. The van der Waals surface area contributed by atoms with Crippen molar-refractivity contribution < 1.29 is 13.3 Å². The number of aliphatic imine (C=N–C) groups is 1. The van der Waals surface area contributed by atoms with E-state index >= 15 is 0 Å². The highest BCUT2D eigenvalue weighted by Crippen LogP contribution is 2.17. The van der Waals surface area contributed by atoms with E-state index in [0.717, 1.165) is 6.07 Å². The minimum atomic E-state index is -0.598. The summed E-state index contributed by atoms with van der Waals surface area (Å²) >= 11 is 0. The van der Waals surface area contributed by atoms with Crippen LogP contribution in [0.25, 0.3) is 0 Å². The molecule has 0 fully saturated rings. The van der Waals surface area contributed by atoms with Gasteiger partial charge in [-0.1, -0.05) is 25.1 Å². The molecule has 0 amide bonds. The van der Waals surface area contributed by atoms with E-state index in [4.69, 9.17) is 4.52 Å². The molecule has 2 aromatic rings. The first kappa shape index (κ1) is 23.3. The van der Waals surface area contributed by atoms with E-state index in [9.17, 15) is 8.78 Å². The summed E-state index contributed by atoms with van der Waals surface area (Å²) in [5.41, 5.74) is 0.371. The van der Waals surface area contributed by atoms with E-state index in [1.54, 1.807) is 6.92 Å². The number of guanidine groups is 1. The molecular formula is C18H26F2IN5O. The fourth-order valence-corrected chi connectivity index (χ4v) is 2.32. The monoisotopic (exact) mass is 493 g/mol. The molecule has 0 aliphatic carbocycles. The molecule has 0 saturated heterocycles. The minimum absolute atomic E-state index is 0. The topological polar surface area (TPSA) is 75.3 Å². The zero-order valence-corrected chi connectivity index (χ0v) is 18.3. The van der Waals surface area contributed by atoms with E-state index in [0.29, 0.717) is 42.7 Å². The summed E-state index contributed by atoms with van der Waals surface area (Å²) in [6.45, 7) is 8.81. The maximum absolute atomic E-state index is 13.9. The fourth-order valence-electron chi connectivity index (χ4n) is 2.32. The first-order chi connectivity index (χ1) is 12.4. The van der Waals surface area contributed by atoms with E-state index in [1.165, 1.54) is 12.1 Å². The molecular weight excluding hydrogens is 467 g/mol. The van der Waals surface area contributed by atoms with E-state index in [2.05, 4.69) is 25.8 Å². The van der Waals surface area contributed by atoms with Crippen molar-refractivity contribution in [2.45, 2.75) is 46.1 Å². The number of rotatable bonds is 7. The Labute approximate surface area is 175 Å². The molecule has 0 aliphatic rings. The number of hydrogen-bond donors (Lipinski definition) is 2. The number of hydrogen-bond acceptors (Lipinski definition) is 4. The summed E-state index contributed by atoms with van der Waals surface area (Å²) in [4.78, 5) is 8.75. The van der Waals surface area contributed by atoms with Crippen molar-refractivity contribution in [3.8, 4) is 0 Å². The van der Waals surface area contributed by atoms with Crippen LogP contribution in [-0.2, 0) is 6.42 Å². The second-order valence-corrected chi connectivity index (χ2v) is 6.24. The molecule has 0 radical (unpaired) electrons. The SMILES string of the molecule is CCNC(=NCCc1nc(C(C)C)no1)NC(C)c1ccc(F)cc1F.I. The van der Waals surface area contributed by atoms with Crippen molar-refractivity contribution in [1.29, 1.82) is 0 Å². The molecule has 0 aliphatic heterocycles. The van der Waals surface area contributed by atoms with Gasteiger partial charge in [0, 0.05) is 30.5 Å². The van der Waals surface area contributed by atoms with Crippen LogP contribution in [0.5, 0.6) is 0 Å². The van der Waals surface area contributed by atoms with Crippen molar-refractivity contribution in [3.63, 3.8) is 0 Å². The van der Waals surface area contributed by atoms with Gasteiger partial charge in [-0.2, -0.15) is 4.98 Å². The molecule has 150 valence electrons. The Morgan fingerprint density at radius 2 is 2.00 bits per heavy atom. The highest BCUT2D eigenvalue weighted by atomic mass is 127. The molecule has 2 rings (SSSR count). The van der Waals surface area contributed by atoms with Gasteiger partial charge in [0.1, 0.15) is 11.6 Å². The fraction of sp³-hybridized carbons (Fsp3) is 0.500. The van der Waals surface area contributed by atoms with Gasteiger partial charge in [-0.05, 0) is 19.9 Å². The summed E-state index contributed by atoms with van der Waals surface area (Å²) in [5, 5.41) is 10.1. The molecule has 1 atom stereocenters. The molecule has 0 bridgehead atoms. The molecule has 1 heterocycles. The van der Waals surface area contributed by atoms with Crippen LogP contribution >= 0.6 is 24.0 Å². The Kier molecular flexibility index (Phi) is 9.61. The number of nitrogens with zero attached hydrogens (tertiary/aromatic N) is 3. The maximum Gasteiger partial charge on any atom is 0.228 e. The summed E-state index contributed by atoms with van der Waals surface area (Å²) in [7, 11) is 0. The predicted octanol–water partition coefficient (Wildman–Crippen LogP) is 3.95. The quantitative estimate of drug-likeness (QED) is 0.347. The van der Waals surface area contributed by atoms with Crippen LogP contribution in [0, 0.1) is 11.6 Å². The van der Waals surface area contributed by atoms with E-state index in [1.807, 2.05) is 20.8 Å². The third kappa shape index (κ3) is 7.04. The Bertz CT molecular complexity index is 751. The molecule has 0 saturated carbocycles. The van der Waals surface area contributed by atoms with Gasteiger partial charge in [-0.3, -0.25) is 4.99 Å². The van der Waals surface area contributed by atoms with Crippen LogP contribution in [-0.4, -0.2) is 29.2 Å². The largest absolute Gasteiger partial charge is 0.357 e. The Balaban J connectivity index is 0.00000364. The number of aromatic nitrogens is 2. The van der Waals surface area contributed by atoms with Gasteiger partial charge in [0.25, 0.3) is 0 Å². The Morgan fingerprint density at radius 1 is 1.26 bits per heavy atom. The lowest BCUT2D eigenvalue weighted by Crippen LogP contribution is -2.39. The summed E-state index contributed by atoms with van der Waals surface area (Å²) in [6, 6.07) is 3.17. The number of nitrogens with one attached hydrogen (secondary N) is 2. The Morgan fingerprint density at radius 3 is 2.59 bits per heavy atom. The van der Waals surface area contributed by atoms with Crippen molar-refractivity contribution in [3.05, 3.63) is 47.1 Å². The lowest BCUT2D eigenvalue weighted by atomic mass is 10.1. The van der Waals surface area contributed by atoms with Gasteiger partial charge in [0.2, 0.25) is 5.89 Å². The molecule has 1 aromatic heterocycles. The standard InChI is InChI=1S/C18H25F2N5O.HI/c1-5-21-18(22-9-8-16-24-17(11(2)3)25-26-16)23-12(4)14-7-6-13(19)10-15(14)20;/h6-7,10-12H,5,8-9H2,1-4H3,(H2,21,22,23);1H. The third-order valence-electron chi connectivity index (χ3n) is 3.72. The van der Waals surface area contributed by atoms with Gasteiger partial charge in [-0.15, -0.1) is 24.0 Å². The van der Waals surface area contributed by atoms with Gasteiger partial charge < -0.3 is 15.2 Å². The average molecular weight is 493 g/mol. The van der Waals surface area contributed by atoms with Crippen molar-refractivity contribution in [1.82, 2.24) is 20.8 Å². The minimum Gasteiger partial charge on any atom is -0.357 e. The molecule has 0 spiro atoms. The smallest absolute Gasteiger partial charge is 0.228 e. The number of benzene rings is 1. The Hall–Kier alpha value is -1.78. The normalized spacial score (nSPS) is 12.6. The molecule has 2 N–H and O–H groups in total. The van der Waals surface area contributed by atoms with E-state index in [-0.39, 0.29) is 35.9 Å². The predicted molar refractivity (Wildman–Crippen MR) is 111 cm³/mol. The van der Waals surface area contributed by atoms with E-state index < -0.39 is 11.6 Å². The first-order valence-electron chi connectivity index (χ1n) is 8.73. The molecule has 9 heteroatoms. The third-order valence-corrected chi connectivity index (χ3v) is 3.72. The number of halogens is 3. The highest BCUT2D eigenvalue weighted by Gasteiger charge is 2.13. The van der Waals surface area contributed by atoms with Gasteiger partial charge in [0.05, 0.1) is 12.6 Å². The first-order valence-corrected chi connectivity index (χ1v) is 8.73. The zero-order valence-electron chi connectivity index (χ0n) is 15.9. The molecule has 1 unspecified atom stereocenters. The zero-order chi connectivity index (χ0) is 19.1. The molecule has 27 heavy (non-hydrogen) atoms. The van der Waals surface area contributed by atoms with Crippen LogP contribution < -0.4 is 10.6 Å². The van der Waals surface area contributed by atoms with Crippen molar-refractivity contribution in [2.24, 2.45) is 4.99 Å². The summed E-state index contributed by atoms with van der Waals surface area (Å²) < 4.78 is 32.2. The van der Waals surface area contributed by atoms with Crippen LogP contribution in [0.2, 0.25) is 0 Å². The van der Waals surface area contributed by atoms with Crippen LogP contribution in [0.15, 0.2) is 27.7 Å².